The molecule has 0 spiro atoms. The zero-order chi connectivity index (χ0) is 14.9. The van der Waals surface area contributed by atoms with Crippen LogP contribution >= 0.6 is 0 Å². The van der Waals surface area contributed by atoms with Crippen LogP contribution in [0, 0.1) is 0 Å². The normalized spacial score (nSPS) is 11.7. The van der Waals surface area contributed by atoms with E-state index >= 15 is 0 Å². The van der Waals surface area contributed by atoms with Gasteiger partial charge in [-0.15, -0.1) is 0 Å². The summed E-state index contributed by atoms with van der Waals surface area (Å²) in [6, 6.07) is 13.6. The number of H-pyrrole nitrogens is 1. The molecule has 0 aliphatic heterocycles. The highest BCUT2D eigenvalue weighted by molar-refractivity contribution is 7.92. The molecule has 1 aromatic heterocycles. The van der Waals surface area contributed by atoms with E-state index in [0.717, 1.165) is 23.3 Å². The number of anilines is 1. The molecule has 0 saturated carbocycles. The number of hydrogen-bond donors (Lipinski definition) is 2. The van der Waals surface area contributed by atoms with Crippen LogP contribution in [0.2, 0.25) is 0 Å². The molecule has 0 fully saturated rings. The predicted octanol–water partition coefficient (Wildman–Crippen LogP) is 2.93. The minimum atomic E-state index is -3.57. The molecule has 108 valence electrons. The average Bonchev–Trinajstić information content (AvgIpc) is 2.90. The molecule has 6 heteroatoms. The first-order chi connectivity index (χ1) is 10.1. The van der Waals surface area contributed by atoms with Crippen molar-refractivity contribution >= 4 is 26.7 Å². The second kappa shape index (κ2) is 5.21. The molecular formula is C15H15N3O2S. The van der Waals surface area contributed by atoms with Gasteiger partial charge in [-0.05, 0) is 30.3 Å². The Balaban J connectivity index is 1.94. The molecule has 0 atom stereocenters. The Kier molecular flexibility index (Phi) is 3.39. The van der Waals surface area contributed by atoms with Gasteiger partial charge in [0.05, 0.1) is 21.6 Å². The zero-order valence-electron chi connectivity index (χ0n) is 11.5. The first-order valence-corrected chi connectivity index (χ1v) is 8.13. The summed E-state index contributed by atoms with van der Waals surface area (Å²) in [5, 5.41) is 0. The molecular weight excluding hydrogens is 286 g/mol. The highest BCUT2D eigenvalue weighted by Gasteiger charge is 2.14. The Bertz CT molecular complexity index is 870. The molecule has 0 bridgehead atoms. The summed E-state index contributed by atoms with van der Waals surface area (Å²) in [5.74, 6) is 0.882. The largest absolute Gasteiger partial charge is 0.342 e. The highest BCUT2D eigenvalue weighted by Crippen LogP contribution is 2.20. The van der Waals surface area contributed by atoms with Gasteiger partial charge in [0.25, 0.3) is 10.0 Å². The number of rotatable bonds is 4. The van der Waals surface area contributed by atoms with E-state index in [4.69, 9.17) is 0 Å². The van der Waals surface area contributed by atoms with E-state index in [0.29, 0.717) is 5.69 Å². The lowest BCUT2D eigenvalue weighted by molar-refractivity contribution is 0.601. The fraction of sp³-hybridized carbons (Fsp3) is 0.133. The lowest BCUT2D eigenvalue weighted by Gasteiger charge is -2.07. The Labute approximate surface area is 123 Å². The number of hydrogen-bond acceptors (Lipinski definition) is 3. The van der Waals surface area contributed by atoms with Crippen LogP contribution in [0.4, 0.5) is 5.69 Å². The molecule has 21 heavy (non-hydrogen) atoms. The molecule has 3 aromatic rings. The van der Waals surface area contributed by atoms with Gasteiger partial charge < -0.3 is 4.98 Å². The topological polar surface area (TPSA) is 74.8 Å². The summed E-state index contributed by atoms with van der Waals surface area (Å²) in [5.41, 5.74) is 2.16. The molecule has 0 aliphatic rings. The summed E-state index contributed by atoms with van der Waals surface area (Å²) < 4.78 is 27.1. The van der Waals surface area contributed by atoms with Crippen molar-refractivity contribution in [3.05, 3.63) is 54.4 Å². The van der Waals surface area contributed by atoms with Crippen LogP contribution in [-0.2, 0) is 16.4 Å². The van der Waals surface area contributed by atoms with Gasteiger partial charge in [0.15, 0.2) is 0 Å². The fourth-order valence-electron chi connectivity index (χ4n) is 2.11. The van der Waals surface area contributed by atoms with Gasteiger partial charge in [0.1, 0.15) is 5.82 Å². The molecule has 2 aromatic carbocycles. The van der Waals surface area contributed by atoms with Crippen molar-refractivity contribution in [3.8, 4) is 0 Å². The van der Waals surface area contributed by atoms with Crippen molar-refractivity contribution < 1.29 is 8.42 Å². The van der Waals surface area contributed by atoms with Crippen LogP contribution in [0.15, 0.2) is 53.4 Å². The van der Waals surface area contributed by atoms with Crippen LogP contribution in [0.1, 0.15) is 12.7 Å². The molecule has 5 nitrogen and oxygen atoms in total. The molecule has 3 rings (SSSR count). The number of imidazole rings is 1. The standard InChI is InChI=1S/C15H15N3O2S/c1-2-15-16-13-9-8-11(10-14(13)17-15)18-21(19,20)12-6-4-3-5-7-12/h3-10,18H,2H2,1H3,(H,16,17). The number of aromatic nitrogens is 2. The Hall–Kier alpha value is -2.34. The summed E-state index contributed by atoms with van der Waals surface area (Å²) >= 11 is 0. The second-order valence-electron chi connectivity index (χ2n) is 4.69. The number of aromatic amines is 1. The number of nitrogens with one attached hydrogen (secondary N) is 2. The van der Waals surface area contributed by atoms with Crippen LogP contribution in [0.3, 0.4) is 0 Å². The van der Waals surface area contributed by atoms with Crippen molar-refractivity contribution in [2.45, 2.75) is 18.2 Å². The third kappa shape index (κ3) is 2.75. The van der Waals surface area contributed by atoms with Gasteiger partial charge in [-0.25, -0.2) is 13.4 Å². The van der Waals surface area contributed by atoms with Crippen molar-refractivity contribution in [2.24, 2.45) is 0 Å². The molecule has 1 heterocycles. The van der Waals surface area contributed by atoms with E-state index in [-0.39, 0.29) is 4.90 Å². The van der Waals surface area contributed by atoms with Gasteiger partial charge in [0.2, 0.25) is 0 Å². The van der Waals surface area contributed by atoms with Gasteiger partial charge in [-0.3, -0.25) is 4.72 Å². The third-order valence-corrected chi connectivity index (χ3v) is 4.57. The lowest BCUT2D eigenvalue weighted by Crippen LogP contribution is -2.12. The first kappa shape index (κ1) is 13.6. The Morgan fingerprint density at radius 1 is 1.14 bits per heavy atom. The van der Waals surface area contributed by atoms with Gasteiger partial charge >= 0.3 is 0 Å². The molecule has 0 saturated heterocycles. The Morgan fingerprint density at radius 3 is 2.62 bits per heavy atom. The molecule has 2 N–H and O–H groups in total. The summed E-state index contributed by atoms with van der Waals surface area (Å²) in [4.78, 5) is 7.80. The van der Waals surface area contributed by atoms with E-state index in [9.17, 15) is 8.42 Å². The van der Waals surface area contributed by atoms with Gasteiger partial charge in [0, 0.05) is 6.42 Å². The lowest BCUT2D eigenvalue weighted by atomic mass is 10.3. The number of aryl methyl sites for hydroxylation is 1. The zero-order valence-corrected chi connectivity index (χ0v) is 12.3. The van der Waals surface area contributed by atoms with E-state index in [1.807, 2.05) is 6.92 Å². The van der Waals surface area contributed by atoms with Crippen molar-refractivity contribution in [1.82, 2.24) is 9.97 Å². The third-order valence-electron chi connectivity index (χ3n) is 3.17. The summed E-state index contributed by atoms with van der Waals surface area (Å²) in [6.07, 6.45) is 0.805. The molecule has 0 aliphatic carbocycles. The highest BCUT2D eigenvalue weighted by atomic mass is 32.2. The van der Waals surface area contributed by atoms with Crippen LogP contribution in [0.5, 0.6) is 0 Å². The van der Waals surface area contributed by atoms with Crippen molar-refractivity contribution in [1.29, 1.82) is 0 Å². The molecule has 0 unspecified atom stereocenters. The summed E-state index contributed by atoms with van der Waals surface area (Å²) in [7, 11) is -3.57. The van der Waals surface area contributed by atoms with E-state index < -0.39 is 10.0 Å². The monoisotopic (exact) mass is 301 g/mol. The minimum absolute atomic E-state index is 0.240. The molecule has 0 amide bonds. The molecule has 0 radical (unpaired) electrons. The van der Waals surface area contributed by atoms with Crippen LogP contribution < -0.4 is 4.72 Å². The van der Waals surface area contributed by atoms with E-state index in [1.165, 1.54) is 0 Å². The maximum absolute atomic E-state index is 12.3. The van der Waals surface area contributed by atoms with Crippen molar-refractivity contribution in [2.75, 3.05) is 4.72 Å². The Morgan fingerprint density at radius 2 is 1.90 bits per heavy atom. The number of nitrogens with zero attached hydrogens (tertiary/aromatic N) is 1. The van der Waals surface area contributed by atoms with Gasteiger partial charge in [-0.2, -0.15) is 0 Å². The number of fused-ring (bicyclic) bond motifs is 1. The smallest absolute Gasteiger partial charge is 0.261 e. The fourth-order valence-corrected chi connectivity index (χ4v) is 3.18. The van der Waals surface area contributed by atoms with Crippen LogP contribution in [0.25, 0.3) is 11.0 Å². The average molecular weight is 301 g/mol. The maximum atomic E-state index is 12.3. The quantitative estimate of drug-likeness (QED) is 0.778. The first-order valence-electron chi connectivity index (χ1n) is 6.65. The summed E-state index contributed by atoms with van der Waals surface area (Å²) in [6.45, 7) is 2.01. The number of benzene rings is 2. The number of sulfonamides is 1. The SMILES string of the molecule is CCc1nc2ccc(NS(=O)(=O)c3ccccc3)cc2[nH]1. The maximum Gasteiger partial charge on any atom is 0.261 e. The second-order valence-corrected chi connectivity index (χ2v) is 6.37. The van der Waals surface area contributed by atoms with Crippen LogP contribution in [-0.4, -0.2) is 18.4 Å². The van der Waals surface area contributed by atoms with E-state index in [1.54, 1.807) is 48.5 Å². The van der Waals surface area contributed by atoms with E-state index in [2.05, 4.69) is 14.7 Å². The van der Waals surface area contributed by atoms with Gasteiger partial charge in [-0.1, -0.05) is 25.1 Å². The minimum Gasteiger partial charge on any atom is -0.342 e. The van der Waals surface area contributed by atoms with Crippen molar-refractivity contribution in [3.63, 3.8) is 0 Å². The predicted molar refractivity (Wildman–Crippen MR) is 82.7 cm³/mol.